The zero-order valence-electron chi connectivity index (χ0n) is 14.7. The third kappa shape index (κ3) is 3.82. The number of rotatable bonds is 4. The monoisotopic (exact) mass is 338 g/mol. The summed E-state index contributed by atoms with van der Waals surface area (Å²) in [6.07, 6.45) is 13.1. The van der Waals surface area contributed by atoms with Crippen molar-refractivity contribution in [1.82, 2.24) is 19.4 Å². The fraction of sp³-hybridized carbons (Fsp3) is 0.550. The summed E-state index contributed by atoms with van der Waals surface area (Å²) >= 11 is 0. The Hall–Kier alpha value is -2.01. The van der Waals surface area contributed by atoms with Crippen molar-refractivity contribution in [2.24, 2.45) is 5.92 Å². The first-order valence-electron chi connectivity index (χ1n) is 9.50. The van der Waals surface area contributed by atoms with Gasteiger partial charge in [-0.15, -0.1) is 0 Å². The van der Waals surface area contributed by atoms with Crippen LogP contribution in [0.25, 0.3) is 11.3 Å². The first-order valence-corrected chi connectivity index (χ1v) is 9.50. The Balaban J connectivity index is 1.38. The Kier molecular flexibility index (Phi) is 4.92. The predicted octanol–water partition coefficient (Wildman–Crippen LogP) is 2.96. The number of aromatic nitrogens is 3. The molecule has 0 aromatic carbocycles. The van der Waals surface area contributed by atoms with E-state index in [1.807, 2.05) is 12.1 Å². The number of nitrogens with zero attached hydrogens (tertiary/aromatic N) is 4. The Labute approximate surface area is 148 Å². The molecule has 0 bridgehead atoms. The van der Waals surface area contributed by atoms with Crippen LogP contribution in [0.1, 0.15) is 38.5 Å². The minimum Gasteiger partial charge on any atom is -0.300 e. The summed E-state index contributed by atoms with van der Waals surface area (Å²) in [7, 11) is 0. The standard InChI is InChI=1S/C20H26N4O/c25-20-12-19(17-4-3-9-21-13-17)22-15-24(20)14-16-7-10-23(11-8-16)18-5-1-2-6-18/h3-4,9,12-13,15-16,18H,1-2,5-8,10-11,14H2. The van der Waals surface area contributed by atoms with Crippen LogP contribution in [-0.2, 0) is 6.54 Å². The van der Waals surface area contributed by atoms with E-state index in [2.05, 4.69) is 14.9 Å². The molecule has 1 aliphatic carbocycles. The second-order valence-electron chi connectivity index (χ2n) is 7.42. The maximum Gasteiger partial charge on any atom is 0.253 e. The van der Waals surface area contributed by atoms with Crippen molar-refractivity contribution in [3.63, 3.8) is 0 Å². The third-order valence-corrected chi connectivity index (χ3v) is 5.78. The van der Waals surface area contributed by atoms with Gasteiger partial charge in [0.25, 0.3) is 5.56 Å². The Bertz CT molecular complexity index is 744. The molecule has 1 saturated heterocycles. The molecular formula is C20H26N4O. The van der Waals surface area contributed by atoms with Gasteiger partial charge in [0, 0.05) is 36.6 Å². The van der Waals surface area contributed by atoms with Gasteiger partial charge in [0.05, 0.1) is 12.0 Å². The molecule has 0 N–H and O–H groups in total. The van der Waals surface area contributed by atoms with Crippen molar-refractivity contribution in [3.05, 3.63) is 47.3 Å². The van der Waals surface area contributed by atoms with E-state index in [1.165, 1.54) is 51.6 Å². The highest BCUT2D eigenvalue weighted by Crippen LogP contribution is 2.28. The molecule has 1 aliphatic heterocycles. The van der Waals surface area contributed by atoms with Crippen LogP contribution in [0, 0.1) is 5.92 Å². The van der Waals surface area contributed by atoms with Gasteiger partial charge in [-0.3, -0.25) is 14.3 Å². The predicted molar refractivity (Wildman–Crippen MR) is 98.3 cm³/mol. The molecule has 2 aromatic rings. The number of likely N-dealkylation sites (tertiary alicyclic amines) is 1. The SMILES string of the molecule is O=c1cc(-c2cccnc2)ncn1CC1CCN(C2CCCC2)CC1. The van der Waals surface area contributed by atoms with Gasteiger partial charge < -0.3 is 4.90 Å². The maximum absolute atomic E-state index is 12.5. The van der Waals surface area contributed by atoms with Crippen molar-refractivity contribution in [3.8, 4) is 11.3 Å². The lowest BCUT2D eigenvalue weighted by molar-refractivity contribution is 0.127. The lowest BCUT2D eigenvalue weighted by Gasteiger charge is -2.36. The molecule has 1 saturated carbocycles. The molecule has 0 atom stereocenters. The van der Waals surface area contributed by atoms with E-state index >= 15 is 0 Å². The molecule has 3 heterocycles. The maximum atomic E-state index is 12.5. The number of hydrogen-bond donors (Lipinski definition) is 0. The van der Waals surface area contributed by atoms with Gasteiger partial charge in [0.15, 0.2) is 0 Å². The fourth-order valence-corrected chi connectivity index (χ4v) is 4.28. The van der Waals surface area contributed by atoms with E-state index in [-0.39, 0.29) is 5.56 Å². The third-order valence-electron chi connectivity index (χ3n) is 5.78. The van der Waals surface area contributed by atoms with Crippen LogP contribution in [0.4, 0.5) is 0 Å². The minimum absolute atomic E-state index is 0.0343. The van der Waals surface area contributed by atoms with Gasteiger partial charge in [0.2, 0.25) is 0 Å². The van der Waals surface area contributed by atoms with Crippen LogP contribution in [0.2, 0.25) is 0 Å². The molecule has 0 unspecified atom stereocenters. The highest BCUT2D eigenvalue weighted by atomic mass is 16.1. The van der Waals surface area contributed by atoms with Crippen molar-refractivity contribution in [2.75, 3.05) is 13.1 Å². The Morgan fingerprint density at radius 3 is 2.60 bits per heavy atom. The first kappa shape index (κ1) is 16.5. The smallest absolute Gasteiger partial charge is 0.253 e. The van der Waals surface area contributed by atoms with Crippen LogP contribution >= 0.6 is 0 Å². The molecule has 0 radical (unpaired) electrons. The van der Waals surface area contributed by atoms with Gasteiger partial charge in [-0.1, -0.05) is 12.8 Å². The van der Waals surface area contributed by atoms with Gasteiger partial charge in [-0.05, 0) is 56.8 Å². The molecule has 4 rings (SSSR count). The van der Waals surface area contributed by atoms with Gasteiger partial charge in [-0.2, -0.15) is 0 Å². The van der Waals surface area contributed by atoms with Crippen LogP contribution in [0.5, 0.6) is 0 Å². The summed E-state index contributed by atoms with van der Waals surface area (Å²) < 4.78 is 1.77. The Morgan fingerprint density at radius 2 is 1.92 bits per heavy atom. The summed E-state index contributed by atoms with van der Waals surface area (Å²) in [5.41, 5.74) is 1.62. The first-order chi connectivity index (χ1) is 12.3. The van der Waals surface area contributed by atoms with E-state index in [0.29, 0.717) is 11.6 Å². The second kappa shape index (κ2) is 7.48. The lowest BCUT2D eigenvalue weighted by atomic mass is 9.95. The quantitative estimate of drug-likeness (QED) is 0.860. The topological polar surface area (TPSA) is 51.0 Å². The highest BCUT2D eigenvalue weighted by Gasteiger charge is 2.27. The van der Waals surface area contributed by atoms with Gasteiger partial charge >= 0.3 is 0 Å². The largest absolute Gasteiger partial charge is 0.300 e. The van der Waals surface area contributed by atoms with Crippen LogP contribution in [-0.4, -0.2) is 38.6 Å². The molecule has 132 valence electrons. The van der Waals surface area contributed by atoms with E-state index < -0.39 is 0 Å². The molecule has 2 aromatic heterocycles. The second-order valence-corrected chi connectivity index (χ2v) is 7.42. The molecule has 2 fully saturated rings. The molecule has 5 heteroatoms. The van der Waals surface area contributed by atoms with Crippen molar-refractivity contribution in [2.45, 2.75) is 51.1 Å². The van der Waals surface area contributed by atoms with E-state index in [0.717, 1.165) is 18.2 Å². The molecule has 0 amide bonds. The molecule has 5 nitrogen and oxygen atoms in total. The van der Waals surface area contributed by atoms with Crippen molar-refractivity contribution >= 4 is 0 Å². The van der Waals surface area contributed by atoms with Gasteiger partial charge in [-0.25, -0.2) is 4.98 Å². The number of piperidine rings is 1. The highest BCUT2D eigenvalue weighted by molar-refractivity contribution is 5.56. The lowest BCUT2D eigenvalue weighted by Crippen LogP contribution is -2.41. The van der Waals surface area contributed by atoms with Gasteiger partial charge in [0.1, 0.15) is 0 Å². The van der Waals surface area contributed by atoms with Crippen molar-refractivity contribution < 1.29 is 0 Å². The normalized spacial score (nSPS) is 20.2. The average Bonchev–Trinajstić information content (AvgIpc) is 3.19. The van der Waals surface area contributed by atoms with E-state index in [1.54, 1.807) is 29.4 Å². The summed E-state index contributed by atoms with van der Waals surface area (Å²) in [6, 6.07) is 6.24. The zero-order chi connectivity index (χ0) is 17.1. The van der Waals surface area contributed by atoms with Crippen LogP contribution in [0.3, 0.4) is 0 Å². The van der Waals surface area contributed by atoms with Crippen LogP contribution in [0.15, 0.2) is 41.7 Å². The summed E-state index contributed by atoms with van der Waals surface area (Å²) in [5, 5.41) is 0. The fourth-order valence-electron chi connectivity index (χ4n) is 4.28. The molecule has 25 heavy (non-hydrogen) atoms. The number of hydrogen-bond acceptors (Lipinski definition) is 4. The van der Waals surface area contributed by atoms with E-state index in [4.69, 9.17) is 0 Å². The molecular weight excluding hydrogens is 312 g/mol. The van der Waals surface area contributed by atoms with Crippen LogP contribution < -0.4 is 5.56 Å². The van der Waals surface area contributed by atoms with Crippen molar-refractivity contribution in [1.29, 1.82) is 0 Å². The summed E-state index contributed by atoms with van der Waals surface area (Å²) in [4.78, 5) is 23.7. The minimum atomic E-state index is 0.0343. The molecule has 0 spiro atoms. The Morgan fingerprint density at radius 1 is 1.12 bits per heavy atom. The average molecular weight is 338 g/mol. The molecule has 2 aliphatic rings. The summed E-state index contributed by atoms with van der Waals surface area (Å²) in [5.74, 6) is 0.585. The number of pyridine rings is 1. The zero-order valence-corrected chi connectivity index (χ0v) is 14.7. The summed E-state index contributed by atoms with van der Waals surface area (Å²) in [6.45, 7) is 3.16. The van der Waals surface area contributed by atoms with E-state index in [9.17, 15) is 4.79 Å².